The number of carboxylic acid groups (broad SMARTS) is 1. The number of β-lactam (4-membered cyclic amide) rings is 1. The fraction of sp³-hybridized carbons (Fsp3) is 0.235. The number of ketones is 1. The van der Waals surface area contributed by atoms with Crippen molar-refractivity contribution in [3.63, 3.8) is 0 Å². The molecular formula is C34H31ClN8O9S3. The van der Waals surface area contributed by atoms with Gasteiger partial charge in [-0.05, 0) is 51.9 Å². The number of sulfonamides is 1. The monoisotopic (exact) mass is 826 g/mol. The van der Waals surface area contributed by atoms with Gasteiger partial charge < -0.3 is 20.5 Å². The number of carboxylic acids is 1. The number of aryl methyl sites for hydroxylation is 1. The summed E-state index contributed by atoms with van der Waals surface area (Å²) in [5.41, 5.74) is 0.973. The van der Waals surface area contributed by atoms with Gasteiger partial charge in [0, 0.05) is 34.8 Å². The Kier molecular flexibility index (Phi) is 11.8. The van der Waals surface area contributed by atoms with E-state index < -0.39 is 63.6 Å². The first-order valence-electron chi connectivity index (χ1n) is 16.1. The van der Waals surface area contributed by atoms with Crippen molar-refractivity contribution in [1.29, 1.82) is 0 Å². The van der Waals surface area contributed by atoms with Crippen LogP contribution in [0.4, 0.5) is 5.69 Å². The van der Waals surface area contributed by atoms with Crippen molar-refractivity contribution in [1.82, 2.24) is 35.7 Å². The first-order chi connectivity index (χ1) is 26.2. The molecule has 3 amide bonds. The number of fused-ring (bicyclic) bond motifs is 1. The third-order valence-corrected chi connectivity index (χ3v) is 11.5. The summed E-state index contributed by atoms with van der Waals surface area (Å²) in [6, 6.07) is 15.8. The van der Waals surface area contributed by atoms with Crippen molar-refractivity contribution < 1.29 is 42.2 Å². The van der Waals surface area contributed by atoms with E-state index in [0.29, 0.717) is 16.3 Å². The van der Waals surface area contributed by atoms with Crippen LogP contribution in [0.2, 0.25) is 5.02 Å². The molecule has 0 saturated carbocycles. The quantitative estimate of drug-likeness (QED) is 0.0766. The Morgan fingerprint density at radius 3 is 2.55 bits per heavy atom. The van der Waals surface area contributed by atoms with Crippen LogP contribution in [0.1, 0.15) is 27.5 Å². The second-order valence-electron chi connectivity index (χ2n) is 12.2. The molecular weight excluding hydrogens is 796 g/mol. The number of hydrogen-bond acceptors (Lipinski definition) is 13. The van der Waals surface area contributed by atoms with Crippen LogP contribution >= 0.6 is 35.1 Å². The maximum atomic E-state index is 14.0. The van der Waals surface area contributed by atoms with Crippen LogP contribution < -0.4 is 20.1 Å². The number of hydrogen-bond donors (Lipinski definition) is 4. The van der Waals surface area contributed by atoms with Gasteiger partial charge in [0.1, 0.15) is 28.9 Å². The summed E-state index contributed by atoms with van der Waals surface area (Å²) in [6.45, 7) is -0.658. The molecule has 2 aliphatic rings. The lowest BCUT2D eigenvalue weighted by atomic mass is 10.0. The number of amides is 3. The number of nitrogens with one attached hydrogen (secondary N) is 3. The number of aliphatic carboxylic acids is 1. The van der Waals surface area contributed by atoms with Crippen LogP contribution in [-0.4, -0.2) is 104 Å². The van der Waals surface area contributed by atoms with Gasteiger partial charge >= 0.3 is 5.97 Å². The van der Waals surface area contributed by atoms with E-state index >= 15 is 0 Å². The van der Waals surface area contributed by atoms with Crippen molar-refractivity contribution >= 4 is 80.3 Å². The average molecular weight is 827 g/mol. The fourth-order valence-corrected chi connectivity index (χ4v) is 8.78. The minimum absolute atomic E-state index is 0.0524. The summed E-state index contributed by atoms with van der Waals surface area (Å²) in [6.07, 6.45) is 0.948. The Morgan fingerprint density at radius 1 is 1.09 bits per heavy atom. The molecule has 3 heterocycles. The van der Waals surface area contributed by atoms with Gasteiger partial charge in [-0.1, -0.05) is 65.8 Å². The summed E-state index contributed by atoms with van der Waals surface area (Å²) in [7, 11) is -2.08. The Bertz CT molecular complexity index is 2320. The molecule has 1 saturated heterocycles. The SMILES string of the molecule is Cn1nnnc1SCC1=C(C(=O)O)N2C(=O)C(NC(=O)C(NC(=O)COc3ccc(Cl)cc3C(=O)c3ccccc3)c3cccc(NS(C)(=O)=O)c3)[C@@H]2SC1. The van der Waals surface area contributed by atoms with Crippen molar-refractivity contribution in [2.45, 2.75) is 22.6 Å². The van der Waals surface area contributed by atoms with Crippen molar-refractivity contribution in [2.75, 3.05) is 29.1 Å². The molecule has 2 aliphatic heterocycles. The molecule has 0 radical (unpaired) electrons. The molecule has 3 atom stereocenters. The number of ether oxygens (including phenoxy) is 1. The number of tetrazole rings is 1. The molecule has 17 nitrogen and oxygen atoms in total. The van der Waals surface area contributed by atoms with Crippen LogP contribution in [-0.2, 0) is 36.2 Å². The summed E-state index contributed by atoms with van der Waals surface area (Å²) in [5.74, 6) is -3.56. The van der Waals surface area contributed by atoms with E-state index in [1.54, 1.807) is 37.4 Å². The predicted octanol–water partition coefficient (Wildman–Crippen LogP) is 2.23. The molecule has 1 fully saturated rings. The van der Waals surface area contributed by atoms with Crippen molar-refractivity contribution in [3.05, 3.63) is 106 Å². The van der Waals surface area contributed by atoms with Crippen LogP contribution in [0.15, 0.2) is 89.2 Å². The van der Waals surface area contributed by atoms with Crippen LogP contribution in [0.25, 0.3) is 0 Å². The lowest BCUT2D eigenvalue weighted by Crippen LogP contribution is -2.71. The van der Waals surface area contributed by atoms with E-state index in [2.05, 4.69) is 30.9 Å². The zero-order chi connectivity index (χ0) is 39.4. The molecule has 4 N–H and O–H groups in total. The average Bonchev–Trinajstić information content (AvgIpc) is 3.57. The van der Waals surface area contributed by atoms with E-state index in [0.717, 1.165) is 11.2 Å². The number of rotatable bonds is 15. The first kappa shape index (κ1) is 39.3. The third kappa shape index (κ3) is 9.10. The smallest absolute Gasteiger partial charge is 0.352 e. The summed E-state index contributed by atoms with van der Waals surface area (Å²) >= 11 is 8.63. The Labute approximate surface area is 327 Å². The molecule has 21 heteroatoms. The van der Waals surface area contributed by atoms with Gasteiger partial charge in [0.05, 0.1) is 11.8 Å². The molecule has 3 aromatic carbocycles. The van der Waals surface area contributed by atoms with E-state index in [1.165, 1.54) is 70.7 Å². The van der Waals surface area contributed by atoms with Gasteiger partial charge in [0.25, 0.3) is 11.8 Å². The Morgan fingerprint density at radius 2 is 1.85 bits per heavy atom. The lowest BCUT2D eigenvalue weighted by Gasteiger charge is -2.49. The number of benzene rings is 3. The number of thioether (sulfide) groups is 2. The number of carbonyl (C=O) groups excluding carboxylic acids is 4. The molecule has 0 bridgehead atoms. The summed E-state index contributed by atoms with van der Waals surface area (Å²) in [5, 5.41) is 26.5. The molecule has 0 spiro atoms. The van der Waals surface area contributed by atoms with E-state index in [4.69, 9.17) is 16.3 Å². The number of nitrogens with zero attached hydrogens (tertiary/aromatic N) is 5. The molecule has 0 aliphatic carbocycles. The van der Waals surface area contributed by atoms with Crippen molar-refractivity contribution in [2.24, 2.45) is 7.05 Å². The van der Waals surface area contributed by atoms with Gasteiger partial charge in [0.2, 0.25) is 21.1 Å². The largest absolute Gasteiger partial charge is 0.483 e. The van der Waals surface area contributed by atoms with Crippen LogP contribution in [0.5, 0.6) is 5.75 Å². The maximum Gasteiger partial charge on any atom is 0.352 e. The van der Waals surface area contributed by atoms with Crippen molar-refractivity contribution in [3.8, 4) is 5.75 Å². The number of halogens is 1. The van der Waals surface area contributed by atoms with Gasteiger partial charge in [-0.25, -0.2) is 17.9 Å². The minimum Gasteiger partial charge on any atom is -0.483 e. The van der Waals surface area contributed by atoms with E-state index in [9.17, 15) is 37.5 Å². The Balaban J connectivity index is 1.20. The minimum atomic E-state index is -3.72. The highest BCUT2D eigenvalue weighted by molar-refractivity contribution is 8.01. The zero-order valence-electron chi connectivity index (χ0n) is 28.8. The number of aromatic nitrogens is 4. The predicted molar refractivity (Wildman–Crippen MR) is 202 cm³/mol. The van der Waals surface area contributed by atoms with Crippen LogP contribution in [0, 0.1) is 0 Å². The standard InChI is InChI=1S/C34H31ClN8O9S3/c1-42-34(38-40-41-42)54-17-20-16-53-32-27(31(47)43(32)28(20)33(48)49)37-30(46)26(19-9-6-10-22(13-19)39-55(2,50)51)36-25(44)15-52-24-12-11-21(35)14-23(24)29(45)18-7-4-3-5-8-18/h3-14,26-27,32,39H,15-17H2,1-2H3,(H,36,44)(H,37,46)(H,48,49)/t26?,27?,32-/m0/s1. The highest BCUT2D eigenvalue weighted by Crippen LogP contribution is 2.41. The maximum absolute atomic E-state index is 14.0. The molecule has 55 heavy (non-hydrogen) atoms. The highest BCUT2D eigenvalue weighted by Gasteiger charge is 2.54. The second-order valence-corrected chi connectivity index (χ2v) is 16.4. The van der Waals surface area contributed by atoms with Gasteiger partial charge in [-0.3, -0.25) is 28.8 Å². The fourth-order valence-electron chi connectivity index (χ4n) is 5.72. The van der Waals surface area contributed by atoms with Gasteiger partial charge in [-0.15, -0.1) is 16.9 Å². The molecule has 1 aromatic heterocycles. The van der Waals surface area contributed by atoms with Gasteiger partial charge in [0.15, 0.2) is 12.4 Å². The number of carbonyl (C=O) groups is 5. The number of anilines is 1. The molecule has 286 valence electrons. The lowest BCUT2D eigenvalue weighted by molar-refractivity contribution is -0.151. The first-order valence-corrected chi connectivity index (χ1v) is 20.4. The molecule has 4 aromatic rings. The second kappa shape index (κ2) is 16.5. The normalized spacial score (nSPS) is 17.1. The van der Waals surface area contributed by atoms with Crippen LogP contribution in [0.3, 0.4) is 0 Å². The zero-order valence-corrected chi connectivity index (χ0v) is 32.0. The summed E-state index contributed by atoms with van der Waals surface area (Å²) < 4.78 is 33.4. The highest BCUT2D eigenvalue weighted by atomic mass is 35.5. The topological polar surface area (TPSA) is 232 Å². The molecule has 2 unspecified atom stereocenters. The van der Waals surface area contributed by atoms with E-state index in [1.807, 2.05) is 0 Å². The molecule has 6 rings (SSSR count). The van der Waals surface area contributed by atoms with E-state index in [-0.39, 0.29) is 44.8 Å². The third-order valence-electron chi connectivity index (χ3n) is 8.18. The Hall–Kier alpha value is -5.44. The summed E-state index contributed by atoms with van der Waals surface area (Å²) in [4.78, 5) is 67.6. The van der Waals surface area contributed by atoms with Gasteiger partial charge in [-0.2, -0.15) is 0 Å².